The van der Waals surface area contributed by atoms with Crippen LogP contribution in [0.1, 0.15) is 43.6 Å². The number of phenolic OH excluding ortho intramolecular Hbond substituents is 1. The van der Waals surface area contributed by atoms with Crippen LogP contribution in [0.15, 0.2) is 22.6 Å². The van der Waals surface area contributed by atoms with Crippen LogP contribution in [0.3, 0.4) is 0 Å². The number of aliphatic carboxylic acids is 1. The van der Waals surface area contributed by atoms with Gasteiger partial charge in [-0.3, -0.25) is 4.79 Å². The molecule has 1 aromatic carbocycles. The molecule has 2 aromatic rings. The highest BCUT2D eigenvalue weighted by Crippen LogP contribution is 2.28. The number of unbranched alkanes of at least 4 members (excludes halogenated alkanes) is 3. The number of aromatic nitrogens is 2. The first-order chi connectivity index (χ1) is 10.6. The van der Waals surface area contributed by atoms with E-state index in [1.165, 1.54) is 0 Å². The van der Waals surface area contributed by atoms with Gasteiger partial charge < -0.3 is 14.6 Å². The predicted octanol–water partition coefficient (Wildman–Crippen LogP) is 3.33. The van der Waals surface area contributed by atoms with Crippen LogP contribution in [0, 0.1) is 6.92 Å². The Balaban J connectivity index is 1.83. The standard InChI is InChI=1S/C16H20N2O4/c1-11-8-9-12(13(19)10-11)16-18-17-14(22-16)6-4-2-3-5-7-15(20)21/h8-10,19H,2-7H2,1H3,(H,20,21). The van der Waals surface area contributed by atoms with Gasteiger partial charge in [-0.1, -0.05) is 18.9 Å². The van der Waals surface area contributed by atoms with Gasteiger partial charge in [-0.2, -0.15) is 0 Å². The Morgan fingerprint density at radius 3 is 2.68 bits per heavy atom. The lowest BCUT2D eigenvalue weighted by Crippen LogP contribution is -1.94. The van der Waals surface area contributed by atoms with Crippen molar-refractivity contribution in [1.29, 1.82) is 0 Å². The van der Waals surface area contributed by atoms with Gasteiger partial charge in [-0.25, -0.2) is 0 Å². The normalized spacial score (nSPS) is 10.8. The van der Waals surface area contributed by atoms with E-state index in [4.69, 9.17) is 9.52 Å². The van der Waals surface area contributed by atoms with E-state index in [2.05, 4.69) is 10.2 Å². The van der Waals surface area contributed by atoms with E-state index in [1.54, 1.807) is 12.1 Å². The average molecular weight is 304 g/mol. The third kappa shape index (κ3) is 4.58. The number of benzene rings is 1. The Morgan fingerprint density at radius 2 is 1.95 bits per heavy atom. The number of hydrogen-bond acceptors (Lipinski definition) is 5. The summed E-state index contributed by atoms with van der Waals surface area (Å²) in [6, 6.07) is 5.29. The van der Waals surface area contributed by atoms with Gasteiger partial charge >= 0.3 is 5.97 Å². The van der Waals surface area contributed by atoms with Crippen molar-refractivity contribution in [3.05, 3.63) is 29.7 Å². The SMILES string of the molecule is Cc1ccc(-c2nnc(CCCCCCC(=O)O)o2)c(O)c1. The van der Waals surface area contributed by atoms with E-state index in [0.29, 0.717) is 30.2 Å². The zero-order chi connectivity index (χ0) is 15.9. The number of carboxylic acids is 1. The monoisotopic (exact) mass is 304 g/mol. The van der Waals surface area contributed by atoms with E-state index in [0.717, 1.165) is 24.8 Å². The number of phenols is 1. The molecule has 6 nitrogen and oxygen atoms in total. The number of aromatic hydroxyl groups is 1. The summed E-state index contributed by atoms with van der Waals surface area (Å²) in [7, 11) is 0. The molecule has 0 spiro atoms. The Hall–Kier alpha value is -2.37. The van der Waals surface area contributed by atoms with Crippen molar-refractivity contribution >= 4 is 5.97 Å². The molecule has 118 valence electrons. The summed E-state index contributed by atoms with van der Waals surface area (Å²) < 4.78 is 5.56. The maximum Gasteiger partial charge on any atom is 0.303 e. The molecule has 2 rings (SSSR count). The lowest BCUT2D eigenvalue weighted by molar-refractivity contribution is -0.137. The molecule has 2 N–H and O–H groups in total. The fourth-order valence-electron chi connectivity index (χ4n) is 2.19. The summed E-state index contributed by atoms with van der Waals surface area (Å²) in [5.74, 6) is 0.231. The average Bonchev–Trinajstić information content (AvgIpc) is 2.91. The maximum atomic E-state index is 10.4. The van der Waals surface area contributed by atoms with E-state index in [9.17, 15) is 9.90 Å². The molecule has 6 heteroatoms. The molecule has 0 saturated carbocycles. The lowest BCUT2D eigenvalue weighted by atomic mass is 10.1. The minimum Gasteiger partial charge on any atom is -0.507 e. The minimum absolute atomic E-state index is 0.129. The second kappa shape index (κ2) is 7.59. The van der Waals surface area contributed by atoms with Gasteiger partial charge in [-0.05, 0) is 37.5 Å². The number of hydrogen-bond donors (Lipinski definition) is 2. The highest BCUT2D eigenvalue weighted by molar-refractivity contribution is 5.66. The summed E-state index contributed by atoms with van der Waals surface area (Å²) in [6.07, 6.45) is 4.26. The summed E-state index contributed by atoms with van der Waals surface area (Å²) in [4.78, 5) is 10.4. The number of aryl methyl sites for hydroxylation is 2. The van der Waals surface area contributed by atoms with Crippen molar-refractivity contribution in [1.82, 2.24) is 10.2 Å². The van der Waals surface area contributed by atoms with Crippen molar-refractivity contribution < 1.29 is 19.4 Å². The molecule has 0 fully saturated rings. The number of carbonyl (C=O) groups is 1. The highest BCUT2D eigenvalue weighted by Gasteiger charge is 2.12. The van der Waals surface area contributed by atoms with Crippen molar-refractivity contribution in [3.8, 4) is 17.2 Å². The van der Waals surface area contributed by atoms with E-state index in [-0.39, 0.29) is 12.2 Å². The van der Waals surface area contributed by atoms with Crippen molar-refractivity contribution in [2.45, 2.75) is 45.4 Å². The first kappa shape index (κ1) is 16.0. The maximum absolute atomic E-state index is 10.4. The third-order valence-corrected chi connectivity index (χ3v) is 3.38. The third-order valence-electron chi connectivity index (χ3n) is 3.38. The van der Waals surface area contributed by atoms with E-state index >= 15 is 0 Å². The number of carboxylic acid groups (broad SMARTS) is 1. The second-order valence-corrected chi connectivity index (χ2v) is 5.33. The van der Waals surface area contributed by atoms with Gasteiger partial charge in [0.2, 0.25) is 5.89 Å². The van der Waals surface area contributed by atoms with Gasteiger partial charge in [0.15, 0.2) is 0 Å². The van der Waals surface area contributed by atoms with Crippen LogP contribution < -0.4 is 0 Å². The van der Waals surface area contributed by atoms with Gasteiger partial charge in [0.05, 0.1) is 5.56 Å². The lowest BCUT2D eigenvalue weighted by Gasteiger charge is -2.00. The fraction of sp³-hybridized carbons (Fsp3) is 0.438. The van der Waals surface area contributed by atoms with Gasteiger partial charge in [0.25, 0.3) is 5.89 Å². The fourth-order valence-corrected chi connectivity index (χ4v) is 2.19. The Bertz CT molecular complexity index is 637. The molecule has 0 saturated heterocycles. The summed E-state index contributed by atoms with van der Waals surface area (Å²) in [5.41, 5.74) is 1.49. The van der Waals surface area contributed by atoms with Crippen LogP contribution in [0.5, 0.6) is 5.75 Å². The van der Waals surface area contributed by atoms with E-state index in [1.807, 2.05) is 13.0 Å². The van der Waals surface area contributed by atoms with Gasteiger partial charge in [0, 0.05) is 12.8 Å². The predicted molar refractivity (Wildman–Crippen MR) is 80.6 cm³/mol. The van der Waals surface area contributed by atoms with Gasteiger partial charge in [-0.15, -0.1) is 10.2 Å². The Kier molecular flexibility index (Phi) is 5.52. The molecule has 1 aromatic heterocycles. The van der Waals surface area contributed by atoms with Crippen molar-refractivity contribution in [2.24, 2.45) is 0 Å². The molecule has 0 aliphatic rings. The molecule has 0 aliphatic carbocycles. The summed E-state index contributed by atoms with van der Waals surface area (Å²) >= 11 is 0. The molecule has 0 aliphatic heterocycles. The molecule has 0 bridgehead atoms. The Morgan fingerprint density at radius 1 is 1.18 bits per heavy atom. The van der Waals surface area contributed by atoms with Crippen LogP contribution in [-0.4, -0.2) is 26.4 Å². The van der Waals surface area contributed by atoms with Gasteiger partial charge in [0.1, 0.15) is 5.75 Å². The zero-order valence-electron chi connectivity index (χ0n) is 12.6. The molecule has 0 unspecified atom stereocenters. The number of nitrogens with zero attached hydrogens (tertiary/aromatic N) is 2. The molecule has 0 atom stereocenters. The minimum atomic E-state index is -0.751. The first-order valence-electron chi connectivity index (χ1n) is 7.40. The molecule has 0 amide bonds. The highest BCUT2D eigenvalue weighted by atomic mass is 16.4. The van der Waals surface area contributed by atoms with Crippen LogP contribution in [0.4, 0.5) is 0 Å². The van der Waals surface area contributed by atoms with Crippen LogP contribution in [0.2, 0.25) is 0 Å². The van der Waals surface area contributed by atoms with E-state index < -0.39 is 5.97 Å². The largest absolute Gasteiger partial charge is 0.507 e. The molecular weight excluding hydrogens is 284 g/mol. The molecule has 22 heavy (non-hydrogen) atoms. The molecule has 1 heterocycles. The summed E-state index contributed by atoms with van der Waals surface area (Å²) in [5, 5.41) is 26.4. The topological polar surface area (TPSA) is 96.5 Å². The molecule has 0 radical (unpaired) electrons. The second-order valence-electron chi connectivity index (χ2n) is 5.33. The smallest absolute Gasteiger partial charge is 0.303 e. The van der Waals surface area contributed by atoms with Crippen LogP contribution >= 0.6 is 0 Å². The molecular formula is C16H20N2O4. The zero-order valence-corrected chi connectivity index (χ0v) is 12.6. The first-order valence-corrected chi connectivity index (χ1v) is 7.40. The van der Waals surface area contributed by atoms with Crippen molar-refractivity contribution in [2.75, 3.05) is 0 Å². The number of rotatable bonds is 8. The van der Waals surface area contributed by atoms with Crippen molar-refractivity contribution in [3.63, 3.8) is 0 Å². The Labute approximate surface area is 128 Å². The van der Waals surface area contributed by atoms with Crippen LogP contribution in [0.25, 0.3) is 11.5 Å². The summed E-state index contributed by atoms with van der Waals surface area (Å²) in [6.45, 7) is 1.90. The van der Waals surface area contributed by atoms with Crippen LogP contribution in [-0.2, 0) is 11.2 Å². The quantitative estimate of drug-likeness (QED) is 0.726.